The fourth-order valence-electron chi connectivity index (χ4n) is 3.83. The standard InChI is InChI=1S/C24H34N4O4S/c1-20(24(29)25-14-7-15-27-18-16-26(2)17-19-27)28(33(3,30)31)21-10-12-23(13-11-21)32-22-8-5-4-6-9-22/h4-6,8-13,20H,7,14-19H2,1-3H3,(H,25,29). The molecular formula is C24H34N4O4S. The van der Waals surface area contributed by atoms with Crippen molar-refractivity contribution in [3.63, 3.8) is 0 Å². The summed E-state index contributed by atoms with van der Waals surface area (Å²) in [5.74, 6) is 0.956. The van der Waals surface area contributed by atoms with Crippen molar-refractivity contribution in [2.45, 2.75) is 19.4 Å². The van der Waals surface area contributed by atoms with E-state index in [1.54, 1.807) is 31.2 Å². The maximum absolute atomic E-state index is 12.7. The molecule has 1 unspecified atom stereocenters. The van der Waals surface area contributed by atoms with E-state index >= 15 is 0 Å². The Morgan fingerprint density at radius 1 is 1.03 bits per heavy atom. The number of nitrogens with zero attached hydrogens (tertiary/aromatic N) is 3. The summed E-state index contributed by atoms with van der Waals surface area (Å²) in [5, 5.41) is 2.89. The number of carbonyl (C=O) groups excluding carboxylic acids is 1. The topological polar surface area (TPSA) is 82.2 Å². The summed E-state index contributed by atoms with van der Waals surface area (Å²) in [5.41, 5.74) is 0.415. The highest BCUT2D eigenvalue weighted by Gasteiger charge is 2.29. The number of hydrogen-bond donors (Lipinski definition) is 1. The Morgan fingerprint density at radius 2 is 1.64 bits per heavy atom. The van der Waals surface area contributed by atoms with Crippen LogP contribution in [0.5, 0.6) is 11.5 Å². The molecule has 1 amide bonds. The molecule has 2 aromatic carbocycles. The molecule has 180 valence electrons. The van der Waals surface area contributed by atoms with Crippen molar-refractivity contribution in [1.82, 2.24) is 15.1 Å². The van der Waals surface area contributed by atoms with Crippen LogP contribution in [0.15, 0.2) is 54.6 Å². The molecule has 1 saturated heterocycles. The first-order valence-electron chi connectivity index (χ1n) is 11.2. The average Bonchev–Trinajstić information content (AvgIpc) is 2.79. The number of benzene rings is 2. The fraction of sp³-hybridized carbons (Fsp3) is 0.458. The number of carbonyl (C=O) groups is 1. The van der Waals surface area contributed by atoms with E-state index < -0.39 is 16.1 Å². The zero-order chi connectivity index (χ0) is 23.8. The number of amides is 1. The number of hydrogen-bond acceptors (Lipinski definition) is 6. The Hall–Kier alpha value is -2.62. The molecule has 1 aliphatic heterocycles. The first-order chi connectivity index (χ1) is 15.7. The van der Waals surface area contributed by atoms with Crippen LogP contribution in [0.1, 0.15) is 13.3 Å². The summed E-state index contributed by atoms with van der Waals surface area (Å²) < 4.78 is 32.0. The van der Waals surface area contributed by atoms with Gasteiger partial charge in [-0.1, -0.05) is 18.2 Å². The molecule has 0 aromatic heterocycles. The Balaban J connectivity index is 1.56. The second-order valence-electron chi connectivity index (χ2n) is 8.43. The summed E-state index contributed by atoms with van der Waals surface area (Å²) in [4.78, 5) is 17.4. The maximum Gasteiger partial charge on any atom is 0.243 e. The molecule has 0 spiro atoms. The third kappa shape index (κ3) is 7.45. The number of likely N-dealkylation sites (N-methyl/N-ethyl adjacent to an activating group) is 1. The van der Waals surface area contributed by atoms with Gasteiger partial charge >= 0.3 is 0 Å². The number of piperazine rings is 1. The van der Waals surface area contributed by atoms with Crippen molar-refractivity contribution in [1.29, 1.82) is 0 Å². The van der Waals surface area contributed by atoms with Gasteiger partial charge in [0.2, 0.25) is 15.9 Å². The van der Waals surface area contributed by atoms with Crippen LogP contribution < -0.4 is 14.4 Å². The molecule has 3 rings (SSSR count). The summed E-state index contributed by atoms with van der Waals surface area (Å²) in [6, 6.07) is 15.2. The molecule has 1 aliphatic rings. The molecule has 2 aromatic rings. The van der Waals surface area contributed by atoms with Crippen molar-refractivity contribution >= 4 is 21.6 Å². The zero-order valence-electron chi connectivity index (χ0n) is 19.6. The highest BCUT2D eigenvalue weighted by Crippen LogP contribution is 2.26. The van der Waals surface area contributed by atoms with Crippen LogP contribution in [0.25, 0.3) is 0 Å². The van der Waals surface area contributed by atoms with E-state index in [1.807, 2.05) is 30.3 Å². The van der Waals surface area contributed by atoms with E-state index in [-0.39, 0.29) is 5.91 Å². The van der Waals surface area contributed by atoms with E-state index in [9.17, 15) is 13.2 Å². The smallest absolute Gasteiger partial charge is 0.243 e. The number of para-hydroxylation sites is 1. The zero-order valence-corrected chi connectivity index (χ0v) is 20.4. The van der Waals surface area contributed by atoms with Gasteiger partial charge in [-0.3, -0.25) is 9.10 Å². The minimum absolute atomic E-state index is 0.316. The second-order valence-corrected chi connectivity index (χ2v) is 10.3. The first-order valence-corrected chi connectivity index (χ1v) is 13.1. The van der Waals surface area contributed by atoms with E-state index in [1.165, 1.54) is 0 Å². The van der Waals surface area contributed by atoms with Gasteiger partial charge in [0.25, 0.3) is 0 Å². The van der Waals surface area contributed by atoms with Crippen molar-refractivity contribution < 1.29 is 17.9 Å². The van der Waals surface area contributed by atoms with E-state index in [2.05, 4.69) is 22.2 Å². The lowest BCUT2D eigenvalue weighted by atomic mass is 10.2. The van der Waals surface area contributed by atoms with Gasteiger partial charge in [-0.2, -0.15) is 0 Å². The molecule has 33 heavy (non-hydrogen) atoms. The van der Waals surface area contributed by atoms with E-state index in [0.717, 1.165) is 49.7 Å². The molecule has 0 saturated carbocycles. The third-order valence-electron chi connectivity index (χ3n) is 5.70. The minimum atomic E-state index is -3.67. The van der Waals surface area contributed by atoms with Gasteiger partial charge in [-0.05, 0) is 63.3 Å². The highest BCUT2D eigenvalue weighted by molar-refractivity contribution is 7.92. The summed E-state index contributed by atoms with van der Waals surface area (Å²) in [6.45, 7) is 7.21. The van der Waals surface area contributed by atoms with Gasteiger partial charge in [0.05, 0.1) is 11.9 Å². The molecule has 0 bridgehead atoms. The monoisotopic (exact) mass is 474 g/mol. The molecule has 9 heteroatoms. The normalized spacial score (nSPS) is 16.2. The molecule has 1 atom stereocenters. The third-order valence-corrected chi connectivity index (χ3v) is 6.95. The molecular weight excluding hydrogens is 440 g/mol. The lowest BCUT2D eigenvalue weighted by Crippen LogP contribution is -2.48. The molecule has 8 nitrogen and oxygen atoms in total. The number of nitrogens with one attached hydrogen (secondary N) is 1. The highest BCUT2D eigenvalue weighted by atomic mass is 32.2. The van der Waals surface area contributed by atoms with Gasteiger partial charge < -0.3 is 19.9 Å². The van der Waals surface area contributed by atoms with Crippen LogP contribution in [0.4, 0.5) is 5.69 Å². The van der Waals surface area contributed by atoms with Gasteiger partial charge in [0.15, 0.2) is 0 Å². The lowest BCUT2D eigenvalue weighted by molar-refractivity contribution is -0.121. The largest absolute Gasteiger partial charge is 0.457 e. The number of anilines is 1. The van der Waals surface area contributed by atoms with Gasteiger partial charge in [-0.25, -0.2) is 8.42 Å². The van der Waals surface area contributed by atoms with Crippen LogP contribution in [-0.4, -0.2) is 82.7 Å². The van der Waals surface area contributed by atoms with E-state index in [4.69, 9.17) is 4.74 Å². The second kappa shape index (κ2) is 11.5. The maximum atomic E-state index is 12.7. The van der Waals surface area contributed by atoms with Crippen LogP contribution in [0, 0.1) is 0 Å². The first kappa shape index (κ1) is 25.0. The van der Waals surface area contributed by atoms with Crippen LogP contribution >= 0.6 is 0 Å². The Labute approximate surface area is 197 Å². The Kier molecular flexibility index (Phi) is 8.71. The molecule has 0 aliphatic carbocycles. The minimum Gasteiger partial charge on any atom is -0.457 e. The predicted octanol–water partition coefficient (Wildman–Crippen LogP) is 2.39. The summed E-state index contributed by atoms with van der Waals surface area (Å²) in [7, 11) is -1.55. The summed E-state index contributed by atoms with van der Waals surface area (Å²) in [6.07, 6.45) is 1.94. The quantitative estimate of drug-likeness (QED) is 0.533. The number of rotatable bonds is 10. The predicted molar refractivity (Wildman–Crippen MR) is 131 cm³/mol. The van der Waals surface area contributed by atoms with Crippen LogP contribution in [0.2, 0.25) is 0 Å². The van der Waals surface area contributed by atoms with Gasteiger partial charge in [-0.15, -0.1) is 0 Å². The number of sulfonamides is 1. The Morgan fingerprint density at radius 3 is 2.24 bits per heavy atom. The van der Waals surface area contributed by atoms with Gasteiger partial charge in [0.1, 0.15) is 17.5 Å². The van der Waals surface area contributed by atoms with Crippen molar-refractivity contribution in [3.05, 3.63) is 54.6 Å². The van der Waals surface area contributed by atoms with Crippen molar-refractivity contribution in [2.24, 2.45) is 0 Å². The molecule has 1 N–H and O–H groups in total. The summed E-state index contributed by atoms with van der Waals surface area (Å²) >= 11 is 0. The van der Waals surface area contributed by atoms with Crippen molar-refractivity contribution in [3.8, 4) is 11.5 Å². The molecule has 1 fully saturated rings. The fourth-order valence-corrected chi connectivity index (χ4v) is 5.00. The SMILES string of the molecule is CC(C(=O)NCCCN1CCN(C)CC1)N(c1ccc(Oc2ccccc2)cc1)S(C)(=O)=O. The van der Waals surface area contributed by atoms with E-state index in [0.29, 0.717) is 23.7 Å². The number of ether oxygens (including phenoxy) is 1. The Bertz CT molecular complexity index is 991. The van der Waals surface area contributed by atoms with Crippen LogP contribution in [-0.2, 0) is 14.8 Å². The van der Waals surface area contributed by atoms with Gasteiger partial charge in [0, 0.05) is 32.7 Å². The molecule has 0 radical (unpaired) electrons. The lowest BCUT2D eigenvalue weighted by Gasteiger charge is -2.32. The molecule has 1 heterocycles. The van der Waals surface area contributed by atoms with Crippen LogP contribution in [0.3, 0.4) is 0 Å². The van der Waals surface area contributed by atoms with Crippen molar-refractivity contribution in [2.75, 3.05) is 56.9 Å². The average molecular weight is 475 g/mol.